The Hall–Kier alpha value is -1.45. The molecule has 0 aliphatic rings. The zero-order valence-electron chi connectivity index (χ0n) is 9.29. The van der Waals surface area contributed by atoms with Crippen molar-refractivity contribution >= 4 is 28.9 Å². The molecule has 0 aromatic heterocycles. The number of hydrogen-bond acceptors (Lipinski definition) is 2. The molecule has 0 aliphatic carbocycles. The lowest BCUT2D eigenvalue weighted by Crippen LogP contribution is -1.98. The van der Waals surface area contributed by atoms with Crippen LogP contribution in [0.5, 0.6) is 5.75 Å². The molecular formula is C13H10Cl2FNO. The molecule has 0 fully saturated rings. The summed E-state index contributed by atoms with van der Waals surface area (Å²) in [6.45, 7) is 0.193. The minimum absolute atomic E-state index is 0.193. The summed E-state index contributed by atoms with van der Waals surface area (Å²) < 4.78 is 18.6. The van der Waals surface area contributed by atoms with E-state index in [1.165, 1.54) is 12.1 Å². The topological polar surface area (TPSA) is 35.2 Å². The van der Waals surface area contributed by atoms with E-state index >= 15 is 0 Å². The quantitative estimate of drug-likeness (QED) is 0.854. The van der Waals surface area contributed by atoms with E-state index in [1.807, 2.05) is 0 Å². The van der Waals surface area contributed by atoms with E-state index in [2.05, 4.69) is 0 Å². The minimum Gasteiger partial charge on any atom is -0.489 e. The van der Waals surface area contributed by atoms with Gasteiger partial charge in [0.15, 0.2) is 0 Å². The van der Waals surface area contributed by atoms with Crippen molar-refractivity contribution < 1.29 is 9.13 Å². The molecule has 0 saturated carbocycles. The van der Waals surface area contributed by atoms with Crippen LogP contribution in [0.15, 0.2) is 36.4 Å². The number of halogens is 3. The number of hydrogen-bond donors (Lipinski definition) is 1. The highest BCUT2D eigenvalue weighted by atomic mass is 35.5. The van der Waals surface area contributed by atoms with Crippen LogP contribution in [0.3, 0.4) is 0 Å². The summed E-state index contributed by atoms with van der Waals surface area (Å²) in [5, 5.41) is 0.965. The lowest BCUT2D eigenvalue weighted by Gasteiger charge is -2.08. The molecule has 2 nitrogen and oxygen atoms in total. The summed E-state index contributed by atoms with van der Waals surface area (Å²) in [5.74, 6) is 0.132. The maximum atomic E-state index is 13.1. The van der Waals surface area contributed by atoms with Crippen LogP contribution in [-0.2, 0) is 6.61 Å². The number of nitrogens with two attached hydrogens (primary N) is 1. The molecule has 2 aromatic carbocycles. The predicted octanol–water partition coefficient (Wildman–Crippen LogP) is 4.29. The smallest absolute Gasteiger partial charge is 0.125 e. The monoisotopic (exact) mass is 285 g/mol. The van der Waals surface area contributed by atoms with Gasteiger partial charge in [0.25, 0.3) is 0 Å². The first-order valence-corrected chi connectivity index (χ1v) is 5.92. The Balaban J connectivity index is 2.11. The van der Waals surface area contributed by atoms with Gasteiger partial charge in [0.05, 0.1) is 0 Å². The van der Waals surface area contributed by atoms with Crippen molar-refractivity contribution in [3.8, 4) is 5.75 Å². The van der Waals surface area contributed by atoms with Crippen LogP contribution in [-0.4, -0.2) is 0 Å². The number of ether oxygens (including phenoxy) is 1. The fourth-order valence-corrected chi connectivity index (χ4v) is 2.04. The lowest BCUT2D eigenvalue weighted by molar-refractivity contribution is 0.305. The molecule has 2 rings (SSSR count). The zero-order valence-corrected chi connectivity index (χ0v) is 10.8. The number of benzene rings is 2. The second kappa shape index (κ2) is 5.46. The van der Waals surface area contributed by atoms with Gasteiger partial charge in [-0.25, -0.2) is 4.39 Å². The molecule has 0 atom stereocenters. The highest BCUT2D eigenvalue weighted by molar-refractivity contribution is 6.34. The summed E-state index contributed by atoms with van der Waals surface area (Å²) in [6, 6.07) is 9.14. The predicted molar refractivity (Wildman–Crippen MR) is 71.6 cm³/mol. The van der Waals surface area contributed by atoms with Crippen LogP contribution in [0.25, 0.3) is 0 Å². The molecule has 0 aliphatic heterocycles. The van der Waals surface area contributed by atoms with Crippen molar-refractivity contribution in [3.05, 3.63) is 57.8 Å². The second-order valence-corrected chi connectivity index (χ2v) is 4.66. The van der Waals surface area contributed by atoms with E-state index in [0.717, 1.165) is 0 Å². The van der Waals surface area contributed by atoms with Gasteiger partial charge in [-0.3, -0.25) is 0 Å². The van der Waals surface area contributed by atoms with Crippen LogP contribution in [0.1, 0.15) is 5.56 Å². The fraction of sp³-hybridized carbons (Fsp3) is 0.0769. The van der Waals surface area contributed by atoms with Gasteiger partial charge in [-0.05, 0) is 42.0 Å². The minimum atomic E-state index is -0.391. The Morgan fingerprint density at radius 2 is 1.67 bits per heavy atom. The second-order valence-electron chi connectivity index (χ2n) is 3.79. The third-order valence-electron chi connectivity index (χ3n) is 2.22. The van der Waals surface area contributed by atoms with Gasteiger partial charge in [-0.2, -0.15) is 0 Å². The van der Waals surface area contributed by atoms with Crippen LogP contribution < -0.4 is 10.5 Å². The van der Waals surface area contributed by atoms with Gasteiger partial charge in [-0.15, -0.1) is 0 Å². The first-order chi connectivity index (χ1) is 8.52. The van der Waals surface area contributed by atoms with E-state index in [0.29, 0.717) is 27.0 Å². The molecule has 0 bridgehead atoms. The fourth-order valence-electron chi connectivity index (χ4n) is 1.54. The molecule has 2 aromatic rings. The van der Waals surface area contributed by atoms with Gasteiger partial charge < -0.3 is 10.5 Å². The number of anilines is 1. The third-order valence-corrected chi connectivity index (χ3v) is 2.66. The maximum absolute atomic E-state index is 13.1. The van der Waals surface area contributed by atoms with Crippen molar-refractivity contribution in [1.29, 1.82) is 0 Å². The molecule has 0 spiro atoms. The molecule has 0 saturated heterocycles. The SMILES string of the molecule is Nc1cc(F)cc(COc2cc(Cl)cc(Cl)c2)c1. The van der Waals surface area contributed by atoms with E-state index in [4.69, 9.17) is 33.7 Å². The van der Waals surface area contributed by atoms with Crippen LogP contribution in [0.2, 0.25) is 10.0 Å². The highest BCUT2D eigenvalue weighted by Gasteiger charge is 2.02. The molecular weight excluding hydrogens is 276 g/mol. The first kappa shape index (κ1) is 13.0. The molecule has 0 unspecified atom stereocenters. The van der Waals surface area contributed by atoms with Crippen molar-refractivity contribution in [2.24, 2.45) is 0 Å². The largest absolute Gasteiger partial charge is 0.489 e. The van der Waals surface area contributed by atoms with Crippen molar-refractivity contribution in [1.82, 2.24) is 0 Å². The number of nitrogen functional groups attached to an aromatic ring is 1. The molecule has 0 heterocycles. The maximum Gasteiger partial charge on any atom is 0.125 e. The van der Waals surface area contributed by atoms with E-state index in [9.17, 15) is 4.39 Å². The van der Waals surface area contributed by atoms with Gasteiger partial charge in [0, 0.05) is 15.7 Å². The van der Waals surface area contributed by atoms with Crippen molar-refractivity contribution in [2.45, 2.75) is 6.61 Å². The summed E-state index contributed by atoms with van der Waals surface area (Å²) in [7, 11) is 0. The Morgan fingerprint density at radius 1 is 1.00 bits per heavy atom. The molecule has 2 N–H and O–H groups in total. The summed E-state index contributed by atoms with van der Waals surface area (Å²) in [6.07, 6.45) is 0. The average molecular weight is 286 g/mol. The summed E-state index contributed by atoms with van der Waals surface area (Å²) in [5.41, 5.74) is 6.54. The van der Waals surface area contributed by atoms with Gasteiger partial charge >= 0.3 is 0 Å². The van der Waals surface area contributed by atoms with Crippen LogP contribution in [0, 0.1) is 5.82 Å². The van der Waals surface area contributed by atoms with Gasteiger partial charge in [-0.1, -0.05) is 23.2 Å². The van der Waals surface area contributed by atoms with E-state index < -0.39 is 5.82 Å². The molecule has 5 heteroatoms. The highest BCUT2D eigenvalue weighted by Crippen LogP contribution is 2.25. The standard InChI is InChI=1S/C13H10Cl2FNO/c14-9-3-10(15)5-13(4-9)18-7-8-1-11(16)6-12(17)2-8/h1-6H,7,17H2. The average Bonchev–Trinajstić information content (AvgIpc) is 2.23. The van der Waals surface area contributed by atoms with Crippen molar-refractivity contribution in [3.63, 3.8) is 0 Å². The lowest BCUT2D eigenvalue weighted by atomic mass is 10.2. The van der Waals surface area contributed by atoms with E-state index in [-0.39, 0.29) is 6.61 Å². The zero-order chi connectivity index (χ0) is 13.1. The number of rotatable bonds is 3. The van der Waals surface area contributed by atoms with E-state index in [1.54, 1.807) is 24.3 Å². The molecule has 0 amide bonds. The Bertz CT molecular complexity index is 483. The summed E-state index contributed by atoms with van der Waals surface area (Å²) >= 11 is 11.7. The summed E-state index contributed by atoms with van der Waals surface area (Å²) in [4.78, 5) is 0. The van der Waals surface area contributed by atoms with Gasteiger partial charge in [0.2, 0.25) is 0 Å². The molecule has 94 valence electrons. The Labute approximate surface area is 114 Å². The van der Waals surface area contributed by atoms with Crippen molar-refractivity contribution in [2.75, 3.05) is 5.73 Å². The molecule has 18 heavy (non-hydrogen) atoms. The Morgan fingerprint density at radius 3 is 2.28 bits per heavy atom. The third kappa shape index (κ3) is 3.52. The molecule has 0 radical (unpaired) electrons. The normalized spacial score (nSPS) is 10.4. The van der Waals surface area contributed by atoms with Crippen LogP contribution >= 0.6 is 23.2 Å². The van der Waals surface area contributed by atoms with Crippen LogP contribution in [0.4, 0.5) is 10.1 Å². The van der Waals surface area contributed by atoms with Gasteiger partial charge in [0.1, 0.15) is 18.2 Å². The Kier molecular flexibility index (Phi) is 3.94. The first-order valence-electron chi connectivity index (χ1n) is 5.17.